The van der Waals surface area contributed by atoms with E-state index in [1.807, 2.05) is 6.92 Å². The van der Waals surface area contributed by atoms with E-state index in [0.717, 1.165) is 0 Å². The number of hydrogen-bond acceptors (Lipinski definition) is 5. The first-order valence-electron chi connectivity index (χ1n) is 6.57. The molecule has 7 heteroatoms. The Hall–Kier alpha value is -1.31. The number of nitrogens with two attached hydrogens (primary N) is 1. The van der Waals surface area contributed by atoms with Crippen LogP contribution in [-0.2, 0) is 14.8 Å². The first-order valence-corrected chi connectivity index (χ1v) is 8.22. The molecule has 0 saturated carbocycles. The van der Waals surface area contributed by atoms with Crippen LogP contribution in [0.2, 0.25) is 0 Å². The summed E-state index contributed by atoms with van der Waals surface area (Å²) in [6.07, 6.45) is 0.614. The van der Waals surface area contributed by atoms with E-state index >= 15 is 0 Å². The summed E-state index contributed by atoms with van der Waals surface area (Å²) in [6, 6.07) is 6.85. The highest BCUT2D eigenvalue weighted by atomic mass is 32.2. The molecule has 1 aliphatic rings. The highest BCUT2D eigenvalue weighted by Gasteiger charge is 2.28. The minimum absolute atomic E-state index is 0.0610. The van der Waals surface area contributed by atoms with Crippen LogP contribution < -0.4 is 15.2 Å². The van der Waals surface area contributed by atoms with Gasteiger partial charge in [0.2, 0.25) is 10.0 Å². The number of benzene rings is 1. The molecule has 0 bridgehead atoms. The Labute approximate surface area is 119 Å². The van der Waals surface area contributed by atoms with E-state index in [9.17, 15) is 8.42 Å². The molecule has 2 atom stereocenters. The minimum atomic E-state index is -3.38. The van der Waals surface area contributed by atoms with E-state index in [0.29, 0.717) is 24.5 Å². The Kier molecular flexibility index (Phi) is 4.85. The average Bonchev–Trinajstić information content (AvgIpc) is 2.77. The highest BCUT2D eigenvalue weighted by molar-refractivity contribution is 7.89. The fraction of sp³-hybridized carbons (Fsp3) is 0.538. The zero-order valence-electron chi connectivity index (χ0n) is 11.4. The number of nitrogen functional groups attached to an aromatic ring is 1. The maximum absolute atomic E-state index is 11.9. The van der Waals surface area contributed by atoms with Crippen molar-refractivity contribution in [2.45, 2.75) is 25.5 Å². The smallest absolute Gasteiger partial charge is 0.215 e. The Morgan fingerprint density at radius 3 is 2.85 bits per heavy atom. The molecular weight excluding hydrogens is 280 g/mol. The molecule has 1 saturated heterocycles. The summed E-state index contributed by atoms with van der Waals surface area (Å²) in [4.78, 5) is 0. The summed E-state index contributed by atoms with van der Waals surface area (Å²) >= 11 is 0. The Bertz CT molecular complexity index is 547. The predicted octanol–water partition coefficient (Wildman–Crippen LogP) is 0.744. The van der Waals surface area contributed by atoms with Crippen LogP contribution in [0.4, 0.5) is 5.69 Å². The van der Waals surface area contributed by atoms with E-state index in [-0.39, 0.29) is 24.5 Å². The molecule has 0 spiro atoms. The Morgan fingerprint density at radius 2 is 2.20 bits per heavy atom. The molecule has 1 aromatic rings. The maximum atomic E-state index is 11.9. The summed E-state index contributed by atoms with van der Waals surface area (Å²) in [5.41, 5.74) is 6.21. The second-order valence-electron chi connectivity index (χ2n) is 4.79. The van der Waals surface area contributed by atoms with Crippen molar-refractivity contribution >= 4 is 15.7 Å². The third-order valence-corrected chi connectivity index (χ3v) is 4.60. The lowest BCUT2D eigenvalue weighted by atomic mass is 10.2. The van der Waals surface area contributed by atoms with Crippen LogP contribution in [0.1, 0.15) is 13.3 Å². The van der Waals surface area contributed by atoms with Gasteiger partial charge in [-0.25, -0.2) is 13.1 Å². The van der Waals surface area contributed by atoms with Gasteiger partial charge in [0, 0.05) is 12.6 Å². The van der Waals surface area contributed by atoms with Gasteiger partial charge < -0.3 is 15.2 Å². The third-order valence-electron chi connectivity index (χ3n) is 3.24. The fourth-order valence-corrected chi connectivity index (χ4v) is 3.24. The molecule has 2 rings (SSSR count). The molecule has 0 amide bonds. The summed E-state index contributed by atoms with van der Waals surface area (Å²) in [5.74, 6) is 0.394. The van der Waals surface area contributed by atoms with Gasteiger partial charge in [-0.3, -0.25) is 0 Å². The second kappa shape index (κ2) is 6.43. The van der Waals surface area contributed by atoms with Crippen molar-refractivity contribution in [3.8, 4) is 5.75 Å². The highest BCUT2D eigenvalue weighted by Crippen LogP contribution is 2.19. The molecule has 1 fully saturated rings. The van der Waals surface area contributed by atoms with Crippen LogP contribution >= 0.6 is 0 Å². The summed E-state index contributed by atoms with van der Waals surface area (Å²) in [7, 11) is -3.38. The van der Waals surface area contributed by atoms with Crippen molar-refractivity contribution in [3.63, 3.8) is 0 Å². The quantitative estimate of drug-likeness (QED) is 0.756. The van der Waals surface area contributed by atoms with Gasteiger partial charge in [0.25, 0.3) is 0 Å². The van der Waals surface area contributed by atoms with E-state index in [1.54, 1.807) is 24.3 Å². The lowest BCUT2D eigenvalue weighted by molar-refractivity contribution is 0.116. The van der Waals surface area contributed by atoms with Crippen LogP contribution in [-0.4, -0.2) is 39.5 Å². The SMILES string of the molecule is CC1OCCC1NS(=O)(=O)CCOc1ccccc1N. The Balaban J connectivity index is 1.82. The molecule has 0 radical (unpaired) electrons. The number of rotatable bonds is 6. The van der Waals surface area contributed by atoms with Gasteiger partial charge in [0.05, 0.1) is 17.5 Å². The van der Waals surface area contributed by atoms with Gasteiger partial charge in [-0.1, -0.05) is 12.1 Å². The van der Waals surface area contributed by atoms with E-state index in [1.165, 1.54) is 0 Å². The molecule has 1 aliphatic heterocycles. The van der Waals surface area contributed by atoms with Gasteiger partial charge in [0.15, 0.2) is 0 Å². The second-order valence-corrected chi connectivity index (χ2v) is 6.67. The Morgan fingerprint density at radius 1 is 1.45 bits per heavy atom. The normalized spacial score (nSPS) is 22.9. The molecule has 0 aliphatic carbocycles. The topological polar surface area (TPSA) is 90.6 Å². The fourth-order valence-electron chi connectivity index (χ4n) is 2.05. The molecule has 2 unspecified atom stereocenters. The van der Waals surface area contributed by atoms with Gasteiger partial charge in [-0.15, -0.1) is 0 Å². The molecule has 0 aromatic heterocycles. The van der Waals surface area contributed by atoms with Crippen LogP contribution in [0.5, 0.6) is 5.75 Å². The molecular formula is C13H20N2O4S. The van der Waals surface area contributed by atoms with Crippen molar-refractivity contribution in [2.75, 3.05) is 24.7 Å². The lowest BCUT2D eigenvalue weighted by Crippen LogP contribution is -2.41. The van der Waals surface area contributed by atoms with E-state index in [4.69, 9.17) is 15.2 Å². The van der Waals surface area contributed by atoms with Crippen molar-refractivity contribution in [1.29, 1.82) is 0 Å². The standard InChI is InChI=1S/C13H20N2O4S/c1-10-12(6-7-18-10)15-20(16,17)9-8-19-13-5-3-2-4-11(13)14/h2-5,10,12,15H,6-9,14H2,1H3. The first-order chi connectivity index (χ1) is 9.48. The molecule has 3 N–H and O–H groups in total. The molecule has 112 valence electrons. The van der Waals surface area contributed by atoms with Crippen LogP contribution in [0, 0.1) is 0 Å². The largest absolute Gasteiger partial charge is 0.490 e. The number of sulfonamides is 1. The zero-order chi connectivity index (χ0) is 14.6. The molecule has 1 heterocycles. The van der Waals surface area contributed by atoms with Crippen LogP contribution in [0.15, 0.2) is 24.3 Å². The van der Waals surface area contributed by atoms with E-state index in [2.05, 4.69) is 4.72 Å². The number of ether oxygens (including phenoxy) is 2. The molecule has 6 nitrogen and oxygen atoms in total. The summed E-state index contributed by atoms with van der Waals surface area (Å²) in [6.45, 7) is 2.51. The van der Waals surface area contributed by atoms with Crippen LogP contribution in [0.25, 0.3) is 0 Å². The number of para-hydroxylation sites is 2. The van der Waals surface area contributed by atoms with E-state index < -0.39 is 10.0 Å². The monoisotopic (exact) mass is 300 g/mol. The predicted molar refractivity (Wildman–Crippen MR) is 77.1 cm³/mol. The zero-order valence-corrected chi connectivity index (χ0v) is 12.2. The van der Waals surface area contributed by atoms with Gasteiger partial charge in [0.1, 0.15) is 12.4 Å². The number of nitrogens with one attached hydrogen (secondary N) is 1. The van der Waals surface area contributed by atoms with Gasteiger partial charge in [-0.05, 0) is 25.5 Å². The third kappa shape index (κ3) is 4.09. The summed E-state index contributed by atoms with van der Waals surface area (Å²) in [5, 5.41) is 0. The summed E-state index contributed by atoms with van der Waals surface area (Å²) < 4.78 is 37.2. The molecule has 20 heavy (non-hydrogen) atoms. The maximum Gasteiger partial charge on any atom is 0.215 e. The average molecular weight is 300 g/mol. The molecule has 1 aromatic carbocycles. The van der Waals surface area contributed by atoms with Gasteiger partial charge in [-0.2, -0.15) is 0 Å². The minimum Gasteiger partial charge on any atom is -0.490 e. The van der Waals surface area contributed by atoms with Crippen molar-refractivity contribution in [3.05, 3.63) is 24.3 Å². The van der Waals surface area contributed by atoms with Crippen molar-refractivity contribution in [2.24, 2.45) is 0 Å². The van der Waals surface area contributed by atoms with Crippen LogP contribution in [0.3, 0.4) is 0 Å². The number of hydrogen-bond donors (Lipinski definition) is 2. The lowest BCUT2D eigenvalue weighted by Gasteiger charge is -2.16. The van der Waals surface area contributed by atoms with Crippen molar-refractivity contribution < 1.29 is 17.9 Å². The first kappa shape index (κ1) is 15.1. The van der Waals surface area contributed by atoms with Crippen molar-refractivity contribution in [1.82, 2.24) is 4.72 Å². The van der Waals surface area contributed by atoms with Gasteiger partial charge >= 0.3 is 0 Å². The number of anilines is 1.